The normalized spacial score (nSPS) is 18.2. The van der Waals surface area contributed by atoms with E-state index in [-0.39, 0.29) is 0 Å². The van der Waals surface area contributed by atoms with E-state index in [1.54, 1.807) is 11.3 Å². The molecule has 2 N–H and O–H groups in total. The predicted octanol–water partition coefficient (Wildman–Crippen LogP) is 6.18. The van der Waals surface area contributed by atoms with E-state index >= 15 is 0 Å². The molecule has 176 valence electrons. The molecule has 0 atom stereocenters. The van der Waals surface area contributed by atoms with Gasteiger partial charge in [-0.2, -0.15) is 4.98 Å². The van der Waals surface area contributed by atoms with Crippen molar-refractivity contribution in [1.29, 1.82) is 0 Å². The molecule has 0 aliphatic heterocycles. The molecule has 0 radical (unpaired) electrons. The molecule has 1 aliphatic rings. The summed E-state index contributed by atoms with van der Waals surface area (Å²) >= 11 is 1.79. The van der Waals surface area contributed by atoms with Gasteiger partial charge in [0, 0.05) is 36.9 Å². The molecule has 2 heterocycles. The number of nitrogens with one attached hydrogen (secondary N) is 2. The summed E-state index contributed by atoms with van der Waals surface area (Å²) in [5, 5.41) is 10.5. The zero-order valence-corrected chi connectivity index (χ0v) is 20.8. The van der Waals surface area contributed by atoms with Crippen LogP contribution in [-0.2, 0) is 6.54 Å². The fourth-order valence-corrected chi connectivity index (χ4v) is 5.54. The average molecular weight is 472 g/mol. The minimum Gasteiger partial charge on any atom is -0.362 e. The number of rotatable bonds is 8. The van der Waals surface area contributed by atoms with Crippen LogP contribution in [0.3, 0.4) is 0 Å². The highest BCUT2D eigenvalue weighted by molar-refractivity contribution is 7.13. The summed E-state index contributed by atoms with van der Waals surface area (Å²) in [6.07, 6.45) is 4.79. The summed E-state index contributed by atoms with van der Waals surface area (Å²) in [6.45, 7) is 2.01. The first kappa shape index (κ1) is 22.8. The lowest BCUT2D eigenvalue weighted by atomic mass is 9.86. The lowest BCUT2D eigenvalue weighted by Crippen LogP contribution is -2.31. The van der Waals surface area contributed by atoms with Gasteiger partial charge in [-0.1, -0.05) is 42.5 Å². The third kappa shape index (κ3) is 5.40. The first-order valence-corrected chi connectivity index (χ1v) is 13.1. The molecule has 0 spiro atoms. The molecule has 5 nitrogen and oxygen atoms in total. The van der Waals surface area contributed by atoms with Gasteiger partial charge in [0.15, 0.2) is 0 Å². The molecule has 0 amide bonds. The zero-order valence-electron chi connectivity index (χ0n) is 20.0. The van der Waals surface area contributed by atoms with Crippen LogP contribution in [0.25, 0.3) is 21.3 Å². The first-order valence-electron chi connectivity index (χ1n) is 12.2. The Morgan fingerprint density at radius 1 is 0.912 bits per heavy atom. The summed E-state index contributed by atoms with van der Waals surface area (Å²) in [6, 6.07) is 21.9. The van der Waals surface area contributed by atoms with E-state index in [0.717, 1.165) is 54.5 Å². The third-order valence-corrected chi connectivity index (χ3v) is 7.63. The largest absolute Gasteiger partial charge is 0.362 e. The zero-order chi connectivity index (χ0) is 23.3. The molecule has 0 saturated heterocycles. The second-order valence-corrected chi connectivity index (χ2v) is 10.4. The van der Waals surface area contributed by atoms with Gasteiger partial charge in [-0.25, -0.2) is 4.98 Å². The second kappa shape index (κ2) is 10.5. The van der Waals surface area contributed by atoms with Crippen LogP contribution in [0.15, 0.2) is 66.0 Å². The van der Waals surface area contributed by atoms with Crippen LogP contribution in [0.5, 0.6) is 0 Å². The van der Waals surface area contributed by atoms with Crippen molar-refractivity contribution in [1.82, 2.24) is 15.3 Å². The summed E-state index contributed by atoms with van der Waals surface area (Å²) in [7, 11) is 4.07. The Kier molecular flexibility index (Phi) is 7.07. The number of para-hydroxylation sites is 1. The molecule has 4 aromatic rings. The number of fused-ring (bicyclic) bond motifs is 1. The fraction of sp³-hybridized carbons (Fsp3) is 0.357. The molecular formula is C28H33N5S. The van der Waals surface area contributed by atoms with Crippen LogP contribution in [0.2, 0.25) is 0 Å². The van der Waals surface area contributed by atoms with Crippen molar-refractivity contribution in [3.63, 3.8) is 0 Å². The third-order valence-electron chi connectivity index (χ3n) is 6.71. The van der Waals surface area contributed by atoms with Crippen molar-refractivity contribution in [2.24, 2.45) is 5.92 Å². The van der Waals surface area contributed by atoms with Gasteiger partial charge in [-0.05, 0) is 72.9 Å². The summed E-state index contributed by atoms with van der Waals surface area (Å²) in [5.74, 6) is 2.45. The van der Waals surface area contributed by atoms with Crippen molar-refractivity contribution in [3.8, 4) is 10.4 Å². The van der Waals surface area contributed by atoms with Gasteiger partial charge in [-0.15, -0.1) is 11.3 Å². The number of hydrogen-bond donors (Lipinski definition) is 2. The number of hydrogen-bond acceptors (Lipinski definition) is 6. The summed E-state index contributed by atoms with van der Waals surface area (Å²) in [4.78, 5) is 13.0. The molecule has 34 heavy (non-hydrogen) atoms. The minimum atomic E-state index is 0.442. The van der Waals surface area contributed by atoms with Crippen LogP contribution in [0, 0.1) is 5.92 Å². The fourth-order valence-electron chi connectivity index (χ4n) is 4.81. The molecular weight excluding hydrogens is 438 g/mol. The van der Waals surface area contributed by atoms with Crippen molar-refractivity contribution in [2.45, 2.75) is 38.3 Å². The van der Waals surface area contributed by atoms with E-state index in [1.165, 1.54) is 28.8 Å². The molecule has 1 aliphatic carbocycles. The van der Waals surface area contributed by atoms with E-state index < -0.39 is 0 Å². The van der Waals surface area contributed by atoms with E-state index in [4.69, 9.17) is 9.97 Å². The van der Waals surface area contributed by atoms with Crippen molar-refractivity contribution < 1.29 is 0 Å². The molecule has 5 rings (SSSR count). The van der Waals surface area contributed by atoms with Gasteiger partial charge in [0.1, 0.15) is 5.82 Å². The van der Waals surface area contributed by atoms with E-state index in [9.17, 15) is 0 Å². The topological polar surface area (TPSA) is 53.1 Å². The quantitative estimate of drug-likeness (QED) is 0.321. The highest BCUT2D eigenvalue weighted by atomic mass is 32.1. The van der Waals surface area contributed by atoms with Gasteiger partial charge in [-0.3, -0.25) is 0 Å². The van der Waals surface area contributed by atoms with Crippen molar-refractivity contribution in [2.75, 3.05) is 30.9 Å². The Labute approximate surface area is 206 Å². The number of nitrogens with zero attached hydrogens (tertiary/aromatic N) is 3. The van der Waals surface area contributed by atoms with Crippen LogP contribution in [-0.4, -0.2) is 36.6 Å². The number of benzene rings is 2. The van der Waals surface area contributed by atoms with Crippen molar-refractivity contribution in [3.05, 3.63) is 71.6 Å². The Hall–Kier alpha value is -2.96. The van der Waals surface area contributed by atoms with E-state index in [2.05, 4.69) is 69.4 Å². The highest BCUT2D eigenvalue weighted by Crippen LogP contribution is 2.28. The van der Waals surface area contributed by atoms with E-state index in [0.29, 0.717) is 6.04 Å². The molecule has 6 heteroatoms. The molecule has 1 saturated carbocycles. The summed E-state index contributed by atoms with van der Waals surface area (Å²) in [5.41, 5.74) is 3.64. The Bertz CT molecular complexity index is 1200. The van der Waals surface area contributed by atoms with Crippen molar-refractivity contribution >= 4 is 34.0 Å². The lowest BCUT2D eigenvalue weighted by Gasteiger charge is -2.29. The number of aromatic nitrogens is 2. The minimum absolute atomic E-state index is 0.442. The Morgan fingerprint density at radius 3 is 2.44 bits per heavy atom. The standard InChI is InChI=1S/C28H33N5S/c1-33(2)27-24-6-3-4-7-25(24)31-28(32-27)30-23-15-11-21(12-16-23)19-29-18-20-9-13-22(14-10-20)26-8-5-17-34-26/h3-10,13-14,17,21,23,29H,11-12,15-16,18-19H2,1-2H3,(H,30,31,32)/t21-,23+. The summed E-state index contributed by atoms with van der Waals surface area (Å²) < 4.78 is 0. The van der Waals surface area contributed by atoms with Gasteiger partial charge in [0.25, 0.3) is 0 Å². The molecule has 0 unspecified atom stereocenters. The maximum absolute atomic E-state index is 4.81. The highest BCUT2D eigenvalue weighted by Gasteiger charge is 2.22. The van der Waals surface area contributed by atoms with Crippen LogP contribution >= 0.6 is 11.3 Å². The maximum atomic E-state index is 4.81. The van der Waals surface area contributed by atoms with Crippen LogP contribution < -0.4 is 15.5 Å². The average Bonchev–Trinajstić information content (AvgIpc) is 3.40. The maximum Gasteiger partial charge on any atom is 0.225 e. The molecule has 2 aromatic heterocycles. The smallest absolute Gasteiger partial charge is 0.225 e. The monoisotopic (exact) mass is 471 g/mol. The predicted molar refractivity (Wildman–Crippen MR) is 145 cm³/mol. The molecule has 1 fully saturated rings. The van der Waals surface area contributed by atoms with Gasteiger partial charge >= 0.3 is 0 Å². The van der Waals surface area contributed by atoms with Gasteiger partial charge in [0.05, 0.1) is 5.52 Å². The molecule has 2 aromatic carbocycles. The second-order valence-electron chi connectivity index (χ2n) is 9.45. The lowest BCUT2D eigenvalue weighted by molar-refractivity contribution is 0.324. The number of anilines is 2. The SMILES string of the molecule is CN(C)c1nc(N[C@H]2CC[C@@H](CNCc3ccc(-c4cccs4)cc3)CC2)nc2ccccc12. The van der Waals surface area contributed by atoms with Gasteiger partial charge in [0.2, 0.25) is 5.95 Å². The Morgan fingerprint density at radius 2 is 1.71 bits per heavy atom. The first-order chi connectivity index (χ1) is 16.7. The Balaban J connectivity index is 1.10. The molecule has 0 bridgehead atoms. The van der Waals surface area contributed by atoms with Crippen LogP contribution in [0.4, 0.5) is 11.8 Å². The van der Waals surface area contributed by atoms with Crippen LogP contribution in [0.1, 0.15) is 31.2 Å². The number of thiophene rings is 1. The van der Waals surface area contributed by atoms with Gasteiger partial charge < -0.3 is 15.5 Å². The van der Waals surface area contributed by atoms with E-state index in [1.807, 2.05) is 26.2 Å².